The van der Waals surface area contributed by atoms with Crippen LogP contribution in [0.15, 0.2) is 30.5 Å². The van der Waals surface area contributed by atoms with Crippen molar-refractivity contribution in [1.29, 1.82) is 0 Å². The topological polar surface area (TPSA) is 84.4 Å². The van der Waals surface area contributed by atoms with E-state index in [2.05, 4.69) is 5.10 Å². The molecule has 6 heteroatoms. The van der Waals surface area contributed by atoms with Gasteiger partial charge >= 0.3 is 0 Å². The average Bonchev–Trinajstić information content (AvgIpc) is 2.70. The molecule has 0 aliphatic carbocycles. The lowest BCUT2D eigenvalue weighted by Gasteiger charge is -2.16. The van der Waals surface area contributed by atoms with E-state index in [1.54, 1.807) is 44.6 Å². The van der Waals surface area contributed by atoms with Gasteiger partial charge in [-0.25, -0.2) is 0 Å². The zero-order valence-electron chi connectivity index (χ0n) is 10.9. The lowest BCUT2D eigenvalue weighted by molar-refractivity contribution is 0.0779. The minimum absolute atomic E-state index is 0.201. The number of rotatable bonds is 3. The molecule has 100 valence electrons. The van der Waals surface area contributed by atoms with Crippen molar-refractivity contribution in [2.45, 2.75) is 6.54 Å². The summed E-state index contributed by atoms with van der Waals surface area (Å²) in [6.07, 6.45) is 1.60. The normalized spacial score (nSPS) is 10.4. The first-order valence-electron chi connectivity index (χ1n) is 5.80. The van der Waals surface area contributed by atoms with E-state index >= 15 is 0 Å². The van der Waals surface area contributed by atoms with Gasteiger partial charge in [0.25, 0.3) is 5.91 Å². The van der Waals surface area contributed by atoms with Gasteiger partial charge in [-0.3, -0.25) is 9.48 Å². The first-order valence-corrected chi connectivity index (χ1v) is 5.80. The van der Waals surface area contributed by atoms with Gasteiger partial charge in [0.15, 0.2) is 5.69 Å². The average molecular weight is 260 g/mol. The Labute approximate surface area is 111 Å². The summed E-state index contributed by atoms with van der Waals surface area (Å²) in [5.41, 5.74) is 7.27. The van der Waals surface area contributed by atoms with Gasteiger partial charge < -0.3 is 15.7 Å². The van der Waals surface area contributed by atoms with Crippen molar-refractivity contribution in [3.05, 3.63) is 41.7 Å². The van der Waals surface area contributed by atoms with Crippen LogP contribution in [-0.2, 0) is 13.6 Å². The third-order valence-electron chi connectivity index (χ3n) is 2.76. The molecule has 0 spiro atoms. The second-order valence-corrected chi connectivity index (χ2v) is 4.43. The standard InChI is InChI=1S/C13H16N4O2/c1-16(7-9-3-5-10(18)6-4-9)13(19)12-11(14)8-17(2)15-12/h3-6,8,18H,7,14H2,1-2H3. The van der Waals surface area contributed by atoms with Crippen LogP contribution in [0.2, 0.25) is 0 Å². The first-order chi connectivity index (χ1) is 8.97. The predicted octanol–water partition coefficient (Wildman–Crippen LogP) is 0.980. The molecular formula is C13H16N4O2. The van der Waals surface area contributed by atoms with Crippen LogP contribution in [0, 0.1) is 0 Å². The fourth-order valence-electron chi connectivity index (χ4n) is 1.80. The van der Waals surface area contributed by atoms with Crippen LogP contribution in [0.25, 0.3) is 0 Å². The molecule has 0 aliphatic rings. The third-order valence-corrected chi connectivity index (χ3v) is 2.76. The van der Waals surface area contributed by atoms with Crippen molar-refractivity contribution in [3.63, 3.8) is 0 Å². The lowest BCUT2D eigenvalue weighted by atomic mass is 10.2. The fraction of sp³-hybridized carbons (Fsp3) is 0.231. The van der Waals surface area contributed by atoms with Crippen molar-refractivity contribution in [3.8, 4) is 5.75 Å². The lowest BCUT2D eigenvalue weighted by Crippen LogP contribution is -2.27. The van der Waals surface area contributed by atoms with Crippen molar-refractivity contribution >= 4 is 11.6 Å². The highest BCUT2D eigenvalue weighted by Gasteiger charge is 2.18. The quantitative estimate of drug-likeness (QED) is 0.861. The van der Waals surface area contributed by atoms with Crippen LogP contribution >= 0.6 is 0 Å². The minimum Gasteiger partial charge on any atom is -0.508 e. The van der Waals surface area contributed by atoms with Crippen molar-refractivity contribution < 1.29 is 9.90 Å². The monoisotopic (exact) mass is 260 g/mol. The SMILES string of the molecule is CN(Cc1ccc(O)cc1)C(=O)c1nn(C)cc1N. The molecule has 3 N–H and O–H groups in total. The van der Waals surface area contributed by atoms with E-state index in [1.165, 1.54) is 9.58 Å². The van der Waals surface area contributed by atoms with Crippen molar-refractivity contribution in [1.82, 2.24) is 14.7 Å². The van der Waals surface area contributed by atoms with Gasteiger partial charge in [-0.05, 0) is 17.7 Å². The van der Waals surface area contributed by atoms with Gasteiger partial charge in [-0.2, -0.15) is 5.10 Å². The summed E-state index contributed by atoms with van der Waals surface area (Å²) in [4.78, 5) is 13.7. The van der Waals surface area contributed by atoms with Gasteiger partial charge in [0.05, 0.1) is 5.69 Å². The molecule has 0 saturated carbocycles. The van der Waals surface area contributed by atoms with Gasteiger partial charge in [-0.15, -0.1) is 0 Å². The van der Waals surface area contributed by atoms with Crippen LogP contribution in [0.4, 0.5) is 5.69 Å². The number of nitrogens with two attached hydrogens (primary N) is 1. The molecule has 19 heavy (non-hydrogen) atoms. The molecule has 0 saturated heterocycles. The highest BCUT2D eigenvalue weighted by Crippen LogP contribution is 2.14. The maximum Gasteiger partial charge on any atom is 0.276 e. The molecule has 1 aromatic heterocycles. The Bertz CT molecular complexity index is 589. The summed E-state index contributed by atoms with van der Waals surface area (Å²) in [7, 11) is 3.40. The molecule has 2 aromatic rings. The Morgan fingerprint density at radius 1 is 1.42 bits per heavy atom. The van der Waals surface area contributed by atoms with E-state index in [9.17, 15) is 9.90 Å². The molecule has 1 heterocycles. The second-order valence-electron chi connectivity index (χ2n) is 4.43. The van der Waals surface area contributed by atoms with Gasteiger partial charge in [0.2, 0.25) is 0 Å². The second kappa shape index (κ2) is 5.01. The number of aromatic hydroxyl groups is 1. The number of aryl methyl sites for hydroxylation is 1. The van der Waals surface area contributed by atoms with Gasteiger partial charge in [-0.1, -0.05) is 12.1 Å². The maximum absolute atomic E-state index is 12.2. The van der Waals surface area contributed by atoms with Gasteiger partial charge in [0.1, 0.15) is 5.75 Å². The minimum atomic E-state index is -0.230. The number of carbonyl (C=O) groups excluding carboxylic acids is 1. The zero-order valence-corrected chi connectivity index (χ0v) is 10.9. The molecule has 1 amide bonds. The van der Waals surface area contributed by atoms with E-state index in [4.69, 9.17) is 5.73 Å². The van der Waals surface area contributed by atoms with E-state index < -0.39 is 0 Å². The van der Waals surface area contributed by atoms with Crippen LogP contribution in [0.1, 0.15) is 16.1 Å². The highest BCUT2D eigenvalue weighted by molar-refractivity contribution is 5.96. The Hall–Kier alpha value is -2.50. The summed E-state index contributed by atoms with van der Waals surface area (Å²) in [5, 5.41) is 13.3. The van der Waals surface area contributed by atoms with E-state index in [1.807, 2.05) is 0 Å². The number of anilines is 1. The van der Waals surface area contributed by atoms with E-state index in [-0.39, 0.29) is 17.4 Å². The molecule has 0 unspecified atom stereocenters. The predicted molar refractivity (Wildman–Crippen MR) is 71.5 cm³/mol. The fourth-order valence-corrected chi connectivity index (χ4v) is 1.80. The number of phenolic OH excluding ortho intramolecular Hbond substituents is 1. The van der Waals surface area contributed by atoms with Crippen LogP contribution in [-0.4, -0.2) is 32.7 Å². The Morgan fingerprint density at radius 2 is 2.05 bits per heavy atom. The highest BCUT2D eigenvalue weighted by atomic mass is 16.3. The summed E-state index contributed by atoms with van der Waals surface area (Å²) in [6, 6.07) is 6.70. The maximum atomic E-state index is 12.2. The molecule has 6 nitrogen and oxygen atoms in total. The summed E-state index contributed by atoms with van der Waals surface area (Å²) in [6.45, 7) is 0.426. The largest absolute Gasteiger partial charge is 0.508 e. The van der Waals surface area contributed by atoms with Crippen molar-refractivity contribution in [2.24, 2.45) is 7.05 Å². The summed E-state index contributed by atoms with van der Waals surface area (Å²) in [5.74, 6) is -0.0297. The molecule has 0 radical (unpaired) electrons. The smallest absolute Gasteiger partial charge is 0.276 e. The Balaban J connectivity index is 2.11. The zero-order chi connectivity index (χ0) is 14.0. The number of hydrogen-bond donors (Lipinski definition) is 2. The van der Waals surface area contributed by atoms with E-state index in [0.717, 1.165) is 5.56 Å². The van der Waals surface area contributed by atoms with Crippen LogP contribution in [0.5, 0.6) is 5.75 Å². The van der Waals surface area contributed by atoms with Crippen LogP contribution in [0.3, 0.4) is 0 Å². The molecule has 2 rings (SSSR count). The summed E-state index contributed by atoms with van der Waals surface area (Å²) < 4.78 is 1.51. The number of phenols is 1. The first kappa shape index (κ1) is 12.9. The number of aromatic nitrogens is 2. The Morgan fingerprint density at radius 3 is 2.58 bits per heavy atom. The molecule has 0 atom stereocenters. The van der Waals surface area contributed by atoms with Crippen molar-refractivity contribution in [2.75, 3.05) is 12.8 Å². The number of nitrogen functional groups attached to an aromatic ring is 1. The molecule has 0 bridgehead atoms. The summed E-state index contributed by atoms with van der Waals surface area (Å²) >= 11 is 0. The number of hydrogen-bond acceptors (Lipinski definition) is 4. The number of amides is 1. The molecule has 0 fully saturated rings. The molecule has 0 aliphatic heterocycles. The number of nitrogens with zero attached hydrogens (tertiary/aromatic N) is 3. The van der Waals surface area contributed by atoms with Gasteiger partial charge in [0, 0.05) is 26.8 Å². The number of carbonyl (C=O) groups is 1. The van der Waals surface area contributed by atoms with E-state index in [0.29, 0.717) is 12.2 Å². The van der Waals surface area contributed by atoms with Crippen LogP contribution < -0.4 is 5.73 Å². The Kier molecular flexibility index (Phi) is 3.41. The molecule has 1 aromatic carbocycles. The molecular weight excluding hydrogens is 244 g/mol. The number of benzene rings is 1. The third kappa shape index (κ3) is 2.85.